The Kier molecular flexibility index (Phi) is 5.54. The number of ether oxygens (including phenoxy) is 1. The number of fused-ring (bicyclic) bond motifs is 2. The van der Waals surface area contributed by atoms with Crippen molar-refractivity contribution in [2.75, 3.05) is 12.4 Å². The van der Waals surface area contributed by atoms with Gasteiger partial charge < -0.3 is 10.1 Å². The predicted octanol–water partition coefficient (Wildman–Crippen LogP) is 3.64. The van der Waals surface area contributed by atoms with Gasteiger partial charge in [-0.15, -0.1) is 0 Å². The first-order valence-electron chi connectivity index (χ1n) is 10.2. The Labute approximate surface area is 192 Å². The second-order valence-corrected chi connectivity index (χ2v) is 8.42. The minimum Gasteiger partial charge on any atom is -0.497 e. The lowest BCUT2D eigenvalue weighted by molar-refractivity contribution is -0.117. The number of nitrogens with zero attached hydrogens (tertiary/aromatic N) is 4. The fourth-order valence-electron chi connectivity index (χ4n) is 3.62. The Hall–Kier alpha value is -4.11. The van der Waals surface area contributed by atoms with Crippen LogP contribution in [0.3, 0.4) is 0 Å². The zero-order valence-corrected chi connectivity index (χ0v) is 18.5. The average molecular weight is 458 g/mol. The maximum Gasteiger partial charge on any atom is 0.275 e. The van der Waals surface area contributed by atoms with Crippen LogP contribution in [-0.2, 0) is 17.8 Å². The molecule has 0 saturated carbocycles. The van der Waals surface area contributed by atoms with Crippen molar-refractivity contribution < 1.29 is 9.53 Å². The quantitative estimate of drug-likeness (QED) is 0.418. The summed E-state index contributed by atoms with van der Waals surface area (Å²) < 4.78 is 7.34. The summed E-state index contributed by atoms with van der Waals surface area (Å²) >= 11 is 1.34. The number of aromatic nitrogens is 4. The molecule has 3 aromatic heterocycles. The van der Waals surface area contributed by atoms with E-state index in [1.807, 2.05) is 42.5 Å². The average Bonchev–Trinajstić information content (AvgIpc) is 3.24. The summed E-state index contributed by atoms with van der Waals surface area (Å²) in [4.78, 5) is 34.3. The molecule has 3 heterocycles. The van der Waals surface area contributed by atoms with Crippen LogP contribution in [0, 0.1) is 0 Å². The Morgan fingerprint density at radius 3 is 2.67 bits per heavy atom. The van der Waals surface area contributed by atoms with Crippen molar-refractivity contribution in [2.45, 2.75) is 13.0 Å². The van der Waals surface area contributed by atoms with Crippen LogP contribution in [0.5, 0.6) is 5.75 Å². The van der Waals surface area contributed by atoms with Crippen molar-refractivity contribution in [1.29, 1.82) is 0 Å². The van der Waals surface area contributed by atoms with Gasteiger partial charge in [-0.2, -0.15) is 5.10 Å². The third-order valence-corrected chi connectivity index (χ3v) is 6.13. The van der Waals surface area contributed by atoms with Gasteiger partial charge >= 0.3 is 0 Å². The number of rotatable bonds is 6. The van der Waals surface area contributed by atoms with Crippen LogP contribution >= 0.6 is 11.3 Å². The van der Waals surface area contributed by atoms with Gasteiger partial charge in [-0.05, 0) is 42.0 Å². The molecule has 0 aliphatic heterocycles. The molecule has 8 nitrogen and oxygen atoms in total. The molecule has 5 aromatic rings. The Morgan fingerprint density at radius 1 is 1.09 bits per heavy atom. The monoisotopic (exact) mass is 457 g/mol. The molecule has 33 heavy (non-hydrogen) atoms. The highest BCUT2D eigenvalue weighted by Crippen LogP contribution is 2.29. The van der Waals surface area contributed by atoms with E-state index in [9.17, 15) is 9.59 Å². The van der Waals surface area contributed by atoms with Crippen LogP contribution in [0.1, 0.15) is 11.3 Å². The third kappa shape index (κ3) is 4.31. The summed E-state index contributed by atoms with van der Waals surface area (Å²) in [5.74, 6) is 0.346. The molecule has 0 aliphatic carbocycles. The molecule has 0 saturated heterocycles. The van der Waals surface area contributed by atoms with E-state index in [1.165, 1.54) is 16.0 Å². The van der Waals surface area contributed by atoms with E-state index in [2.05, 4.69) is 20.4 Å². The molecule has 0 aliphatic rings. The molecule has 0 unspecified atom stereocenters. The zero-order valence-electron chi connectivity index (χ0n) is 17.7. The van der Waals surface area contributed by atoms with Gasteiger partial charge in [0.05, 0.1) is 28.4 Å². The summed E-state index contributed by atoms with van der Waals surface area (Å²) in [6.45, 7) is -0.216. The number of nitrogens with one attached hydrogen (secondary N) is 1. The number of pyridine rings is 1. The lowest BCUT2D eigenvalue weighted by Crippen LogP contribution is -2.30. The van der Waals surface area contributed by atoms with E-state index >= 15 is 0 Å². The molecule has 0 fully saturated rings. The first kappa shape index (κ1) is 20.8. The smallest absolute Gasteiger partial charge is 0.275 e. The number of anilines is 1. The molecule has 2 aromatic carbocycles. The first-order valence-corrected chi connectivity index (χ1v) is 11.0. The van der Waals surface area contributed by atoms with E-state index in [0.29, 0.717) is 16.9 Å². The third-order valence-electron chi connectivity index (χ3n) is 5.20. The van der Waals surface area contributed by atoms with Crippen molar-refractivity contribution in [1.82, 2.24) is 19.7 Å². The summed E-state index contributed by atoms with van der Waals surface area (Å²) in [5, 5.41) is 9.07. The summed E-state index contributed by atoms with van der Waals surface area (Å²) in [6, 6.07) is 16.6. The highest BCUT2D eigenvalue weighted by molar-refractivity contribution is 7.22. The number of hydrogen-bond donors (Lipinski definition) is 1. The molecule has 0 bridgehead atoms. The van der Waals surface area contributed by atoms with Gasteiger partial charge in [-0.25, -0.2) is 9.67 Å². The number of amides is 1. The number of carbonyl (C=O) groups excluding carboxylic acids is 1. The van der Waals surface area contributed by atoms with Gasteiger partial charge in [-0.1, -0.05) is 29.5 Å². The van der Waals surface area contributed by atoms with Gasteiger partial charge in [0.25, 0.3) is 5.56 Å². The number of hydrogen-bond acceptors (Lipinski definition) is 7. The highest BCUT2D eigenvalue weighted by atomic mass is 32.1. The maximum absolute atomic E-state index is 13.0. The lowest BCUT2D eigenvalue weighted by Gasteiger charge is -2.11. The summed E-state index contributed by atoms with van der Waals surface area (Å²) in [5.41, 5.74) is 2.18. The van der Waals surface area contributed by atoms with E-state index in [1.54, 1.807) is 31.6 Å². The highest BCUT2D eigenvalue weighted by Gasteiger charge is 2.15. The first-order chi connectivity index (χ1) is 16.1. The minimum absolute atomic E-state index is 0.216. The lowest BCUT2D eigenvalue weighted by atomic mass is 10.1. The van der Waals surface area contributed by atoms with Crippen molar-refractivity contribution in [3.05, 3.63) is 88.6 Å². The molecule has 164 valence electrons. The van der Waals surface area contributed by atoms with Crippen LogP contribution in [0.2, 0.25) is 0 Å². The van der Waals surface area contributed by atoms with E-state index in [-0.39, 0.29) is 18.0 Å². The number of methoxy groups -OCH3 is 1. The van der Waals surface area contributed by atoms with Gasteiger partial charge in [-0.3, -0.25) is 14.6 Å². The van der Waals surface area contributed by atoms with Gasteiger partial charge in [0.15, 0.2) is 5.13 Å². The molecule has 0 atom stereocenters. The van der Waals surface area contributed by atoms with Gasteiger partial charge in [0, 0.05) is 24.2 Å². The fourth-order valence-corrected chi connectivity index (χ4v) is 4.53. The number of carbonyl (C=O) groups is 1. The van der Waals surface area contributed by atoms with E-state index in [4.69, 9.17) is 4.74 Å². The van der Waals surface area contributed by atoms with Crippen LogP contribution in [0.15, 0.2) is 71.8 Å². The largest absolute Gasteiger partial charge is 0.497 e. The van der Waals surface area contributed by atoms with Crippen LogP contribution in [-0.4, -0.2) is 32.8 Å². The molecule has 0 radical (unpaired) electrons. The van der Waals surface area contributed by atoms with Crippen molar-refractivity contribution in [3.63, 3.8) is 0 Å². The normalized spacial score (nSPS) is 11.1. The van der Waals surface area contributed by atoms with Crippen molar-refractivity contribution in [3.8, 4) is 5.75 Å². The van der Waals surface area contributed by atoms with Crippen LogP contribution in [0.25, 0.3) is 21.0 Å². The topological polar surface area (TPSA) is 99.0 Å². The van der Waals surface area contributed by atoms with Gasteiger partial charge in [0.2, 0.25) is 5.91 Å². The van der Waals surface area contributed by atoms with E-state index < -0.39 is 0 Å². The van der Waals surface area contributed by atoms with Crippen molar-refractivity contribution in [2.24, 2.45) is 0 Å². The Balaban J connectivity index is 1.44. The predicted molar refractivity (Wildman–Crippen MR) is 128 cm³/mol. The summed E-state index contributed by atoms with van der Waals surface area (Å²) in [7, 11) is 1.60. The Bertz CT molecular complexity index is 1530. The van der Waals surface area contributed by atoms with Gasteiger partial charge in [0.1, 0.15) is 12.3 Å². The van der Waals surface area contributed by atoms with E-state index in [0.717, 1.165) is 32.6 Å². The molecule has 5 rings (SSSR count). The number of thiazole rings is 1. The molecule has 9 heteroatoms. The summed E-state index contributed by atoms with van der Waals surface area (Å²) in [6.07, 6.45) is 3.95. The molecule has 0 spiro atoms. The second kappa shape index (κ2) is 8.79. The molecule has 1 amide bonds. The van der Waals surface area contributed by atoms with Crippen molar-refractivity contribution >= 4 is 43.4 Å². The molecular formula is C24H19N5O3S. The van der Waals surface area contributed by atoms with Crippen LogP contribution < -0.4 is 15.6 Å². The maximum atomic E-state index is 13.0. The number of benzene rings is 2. The van der Waals surface area contributed by atoms with Crippen LogP contribution in [0.4, 0.5) is 5.13 Å². The second-order valence-electron chi connectivity index (χ2n) is 7.39. The molecule has 1 N–H and O–H groups in total. The Morgan fingerprint density at radius 2 is 1.88 bits per heavy atom. The minimum atomic E-state index is -0.374. The standard InChI is InChI=1S/C24H19N5O3S/c1-32-16-6-7-19-21(13-16)33-24(26-19)27-22(30)14-29-23(31)18-5-3-2-4-17(18)20(28-29)12-15-8-10-25-11-9-15/h2-11,13H,12,14H2,1H3,(H,26,27,30). The molecular weight excluding hydrogens is 438 g/mol. The SMILES string of the molecule is COc1ccc2nc(NC(=O)Cn3nc(Cc4ccncc4)c4ccccc4c3=O)sc2c1. The fraction of sp³-hybridized carbons (Fsp3) is 0.125. The zero-order chi connectivity index (χ0) is 22.8.